The van der Waals surface area contributed by atoms with E-state index in [0.29, 0.717) is 23.7 Å². The number of hydrogen-bond donors (Lipinski definition) is 1. The number of aryl methyl sites for hydroxylation is 1. The molecule has 2 heterocycles. The number of nitrogens with one attached hydrogen (secondary N) is 1. The van der Waals surface area contributed by atoms with Crippen LogP contribution in [-0.2, 0) is 6.42 Å². The molecule has 4 nitrogen and oxygen atoms in total. The molecule has 0 spiro atoms. The zero-order valence-electron chi connectivity index (χ0n) is 11.7. The molecule has 0 saturated carbocycles. The molecule has 0 amide bonds. The zero-order valence-corrected chi connectivity index (χ0v) is 14.7. The molecular formula is C13H10Cl4F2N4. The Morgan fingerprint density at radius 1 is 1.09 bits per heavy atom. The number of hydrogen-bond acceptors (Lipinski definition) is 4. The highest BCUT2D eigenvalue weighted by atomic mass is 35.5. The van der Waals surface area contributed by atoms with Gasteiger partial charge in [0, 0.05) is 13.0 Å². The van der Waals surface area contributed by atoms with Crippen molar-refractivity contribution in [2.45, 2.75) is 19.8 Å². The lowest BCUT2D eigenvalue weighted by molar-refractivity contribution is 0.146. The Morgan fingerprint density at radius 3 is 2.43 bits per heavy atom. The third kappa shape index (κ3) is 4.53. The van der Waals surface area contributed by atoms with E-state index in [-0.39, 0.29) is 26.8 Å². The van der Waals surface area contributed by atoms with E-state index in [9.17, 15) is 8.78 Å². The molecule has 1 N–H and O–H groups in total. The van der Waals surface area contributed by atoms with E-state index in [2.05, 4.69) is 20.3 Å². The van der Waals surface area contributed by atoms with Gasteiger partial charge in [0.1, 0.15) is 27.5 Å². The maximum Gasteiger partial charge on any atom is 0.282 e. The first kappa shape index (κ1) is 18.4. The van der Waals surface area contributed by atoms with Gasteiger partial charge in [-0.3, -0.25) is 0 Å². The number of anilines is 1. The van der Waals surface area contributed by atoms with Gasteiger partial charge in [-0.05, 0) is 13.0 Å². The molecule has 0 unspecified atom stereocenters. The first-order valence-corrected chi connectivity index (χ1v) is 7.87. The van der Waals surface area contributed by atoms with Crippen molar-refractivity contribution < 1.29 is 8.78 Å². The van der Waals surface area contributed by atoms with E-state index in [0.717, 1.165) is 0 Å². The molecular weight excluding hydrogens is 392 g/mol. The first-order valence-electron chi connectivity index (χ1n) is 6.36. The summed E-state index contributed by atoms with van der Waals surface area (Å²) in [6, 6.07) is 1.49. The van der Waals surface area contributed by atoms with Crippen molar-refractivity contribution in [3.63, 3.8) is 0 Å². The van der Waals surface area contributed by atoms with E-state index < -0.39 is 12.1 Å². The van der Waals surface area contributed by atoms with Gasteiger partial charge in [0.2, 0.25) is 0 Å². The Balaban J connectivity index is 2.12. The Kier molecular flexibility index (Phi) is 6.19. The molecule has 0 aromatic carbocycles. The molecule has 124 valence electrons. The van der Waals surface area contributed by atoms with Crippen LogP contribution in [0.4, 0.5) is 14.6 Å². The number of rotatable bonds is 5. The molecule has 0 aliphatic rings. The highest BCUT2D eigenvalue weighted by Crippen LogP contribution is 2.30. The molecule has 0 fully saturated rings. The van der Waals surface area contributed by atoms with Crippen LogP contribution in [0, 0.1) is 6.92 Å². The highest BCUT2D eigenvalue weighted by molar-refractivity contribution is 6.42. The minimum atomic E-state index is -2.78. The van der Waals surface area contributed by atoms with Crippen molar-refractivity contribution in [3.8, 4) is 0 Å². The van der Waals surface area contributed by atoms with Gasteiger partial charge in [0.05, 0.1) is 15.7 Å². The van der Waals surface area contributed by atoms with Crippen LogP contribution in [0.25, 0.3) is 0 Å². The molecule has 2 rings (SSSR count). The van der Waals surface area contributed by atoms with Crippen molar-refractivity contribution in [3.05, 3.63) is 43.5 Å². The maximum atomic E-state index is 12.9. The normalized spacial score (nSPS) is 11.1. The largest absolute Gasteiger partial charge is 0.368 e. The molecule has 0 bridgehead atoms. The smallest absolute Gasteiger partial charge is 0.282 e. The molecule has 0 atom stereocenters. The number of pyridine rings is 1. The lowest BCUT2D eigenvalue weighted by atomic mass is 10.2. The van der Waals surface area contributed by atoms with Crippen LogP contribution in [0.3, 0.4) is 0 Å². The summed E-state index contributed by atoms with van der Waals surface area (Å²) in [5.74, 6) is 0.323. The monoisotopic (exact) mass is 400 g/mol. The van der Waals surface area contributed by atoms with E-state index in [1.54, 1.807) is 0 Å². The molecule has 2 aromatic heterocycles. The number of halogens is 6. The quantitative estimate of drug-likeness (QED) is 0.682. The van der Waals surface area contributed by atoms with Crippen LogP contribution in [0.1, 0.15) is 23.6 Å². The molecule has 2 aromatic rings. The summed E-state index contributed by atoms with van der Waals surface area (Å²) in [5, 5.41) is 3.41. The second kappa shape index (κ2) is 7.75. The van der Waals surface area contributed by atoms with Gasteiger partial charge in [0.15, 0.2) is 0 Å². The van der Waals surface area contributed by atoms with Crippen LogP contribution in [0.5, 0.6) is 0 Å². The molecule has 0 aliphatic carbocycles. The molecule has 0 saturated heterocycles. The van der Waals surface area contributed by atoms with Gasteiger partial charge < -0.3 is 5.32 Å². The summed E-state index contributed by atoms with van der Waals surface area (Å²) in [4.78, 5) is 11.7. The number of nitrogens with zero attached hydrogens (tertiary/aromatic N) is 3. The summed E-state index contributed by atoms with van der Waals surface area (Å²) < 4.78 is 25.7. The van der Waals surface area contributed by atoms with Gasteiger partial charge in [-0.1, -0.05) is 46.4 Å². The fourth-order valence-electron chi connectivity index (χ4n) is 1.80. The SMILES string of the molecule is Cc1nc(NCCc2nc(Cl)c(Cl)cc2Cl)c(Cl)c(C(F)F)n1. The van der Waals surface area contributed by atoms with Gasteiger partial charge >= 0.3 is 0 Å². The van der Waals surface area contributed by atoms with E-state index in [1.165, 1.54) is 13.0 Å². The van der Waals surface area contributed by atoms with Crippen molar-refractivity contribution >= 4 is 52.2 Å². The first-order chi connectivity index (χ1) is 10.8. The van der Waals surface area contributed by atoms with Crippen molar-refractivity contribution in [1.29, 1.82) is 0 Å². The Hall–Kier alpha value is -0.950. The highest BCUT2D eigenvalue weighted by Gasteiger charge is 2.19. The number of alkyl halides is 2. The maximum absolute atomic E-state index is 12.9. The van der Waals surface area contributed by atoms with E-state index in [4.69, 9.17) is 46.4 Å². The Morgan fingerprint density at radius 2 is 1.78 bits per heavy atom. The lowest BCUT2D eigenvalue weighted by Gasteiger charge is -2.11. The minimum Gasteiger partial charge on any atom is -0.368 e. The second-order valence-corrected chi connectivity index (χ2v) is 6.04. The van der Waals surface area contributed by atoms with Gasteiger partial charge in [-0.2, -0.15) is 0 Å². The summed E-state index contributed by atoms with van der Waals surface area (Å²) >= 11 is 23.5. The van der Waals surface area contributed by atoms with Crippen LogP contribution < -0.4 is 5.32 Å². The van der Waals surface area contributed by atoms with Gasteiger partial charge in [-0.25, -0.2) is 23.7 Å². The summed E-state index contributed by atoms with van der Waals surface area (Å²) in [6.07, 6.45) is -2.41. The summed E-state index contributed by atoms with van der Waals surface area (Å²) in [5.41, 5.74) is 0.0110. The average Bonchev–Trinajstić information content (AvgIpc) is 2.47. The van der Waals surface area contributed by atoms with E-state index >= 15 is 0 Å². The van der Waals surface area contributed by atoms with Gasteiger partial charge in [-0.15, -0.1) is 0 Å². The van der Waals surface area contributed by atoms with Crippen molar-refractivity contribution in [2.24, 2.45) is 0 Å². The van der Waals surface area contributed by atoms with Crippen molar-refractivity contribution in [1.82, 2.24) is 15.0 Å². The third-order valence-electron chi connectivity index (χ3n) is 2.81. The Bertz CT molecular complexity index is 728. The van der Waals surface area contributed by atoms with Crippen molar-refractivity contribution in [2.75, 3.05) is 11.9 Å². The Labute approximate surface area is 151 Å². The molecule has 10 heteroatoms. The summed E-state index contributed by atoms with van der Waals surface area (Å²) in [6.45, 7) is 1.81. The molecule has 0 aliphatic heterocycles. The number of aromatic nitrogens is 3. The average molecular weight is 402 g/mol. The van der Waals surface area contributed by atoms with Crippen LogP contribution in [-0.4, -0.2) is 21.5 Å². The second-order valence-electron chi connectivity index (χ2n) is 4.49. The van der Waals surface area contributed by atoms with E-state index in [1.807, 2.05) is 0 Å². The molecule has 23 heavy (non-hydrogen) atoms. The predicted octanol–water partition coefficient (Wildman–Crippen LogP) is 5.39. The van der Waals surface area contributed by atoms with Gasteiger partial charge in [0.25, 0.3) is 6.43 Å². The standard InChI is InChI=1S/C13H10Cl4F2N4/c1-5-21-10(12(18)19)9(16)13(22-5)20-3-2-8-6(14)4-7(15)11(17)23-8/h4,12H,2-3H2,1H3,(H,20,21,22). The van der Waals surface area contributed by atoms with Crippen LogP contribution in [0.2, 0.25) is 20.2 Å². The van der Waals surface area contributed by atoms with Crippen LogP contribution in [0.15, 0.2) is 6.07 Å². The topological polar surface area (TPSA) is 50.7 Å². The zero-order chi connectivity index (χ0) is 17.1. The lowest BCUT2D eigenvalue weighted by Crippen LogP contribution is -2.11. The minimum absolute atomic E-state index is 0.130. The summed E-state index contributed by atoms with van der Waals surface area (Å²) in [7, 11) is 0. The molecule has 0 radical (unpaired) electrons. The predicted molar refractivity (Wildman–Crippen MR) is 88.2 cm³/mol. The fraction of sp³-hybridized carbons (Fsp3) is 0.308. The third-order valence-corrected chi connectivity index (χ3v) is 4.18. The fourth-order valence-corrected chi connectivity index (χ4v) is 2.64. The van der Waals surface area contributed by atoms with Crippen LogP contribution >= 0.6 is 46.4 Å².